The Balaban J connectivity index is 2.86. The van der Waals surface area contributed by atoms with E-state index in [0.29, 0.717) is 4.47 Å². The molecule has 1 aromatic rings. The van der Waals surface area contributed by atoms with E-state index in [9.17, 15) is 18.4 Å². The maximum atomic E-state index is 12.1. The van der Waals surface area contributed by atoms with Crippen molar-refractivity contribution in [3.63, 3.8) is 0 Å². The zero-order valence-electron chi connectivity index (χ0n) is 9.27. The van der Waals surface area contributed by atoms with Crippen LogP contribution in [0.2, 0.25) is 0 Å². The predicted octanol–water partition coefficient (Wildman–Crippen LogP) is 0.986. The average molecular weight is 336 g/mol. The van der Waals surface area contributed by atoms with Gasteiger partial charge in [0.2, 0.25) is 0 Å². The maximum absolute atomic E-state index is 12.1. The van der Waals surface area contributed by atoms with E-state index in [1.54, 1.807) is 0 Å². The van der Waals surface area contributed by atoms with E-state index in [2.05, 4.69) is 31.5 Å². The number of nitrogens with two attached hydrogens (primary N) is 1. The zero-order chi connectivity index (χ0) is 14.4. The molecule has 0 aliphatic carbocycles. The van der Waals surface area contributed by atoms with E-state index in [-0.39, 0.29) is 11.3 Å². The van der Waals surface area contributed by atoms with E-state index in [1.165, 1.54) is 18.2 Å². The van der Waals surface area contributed by atoms with Gasteiger partial charge in [-0.05, 0) is 18.2 Å². The first-order chi connectivity index (χ1) is 8.90. The minimum Gasteiger partial charge on any atom is -0.434 e. The molecule has 0 radical (unpaired) electrons. The molecule has 1 rings (SSSR count). The van der Waals surface area contributed by atoms with Gasteiger partial charge < -0.3 is 10.5 Å². The molecule has 1 aromatic carbocycles. The van der Waals surface area contributed by atoms with Crippen molar-refractivity contribution in [3.05, 3.63) is 28.2 Å². The Morgan fingerprint density at radius 3 is 2.74 bits per heavy atom. The van der Waals surface area contributed by atoms with Crippen LogP contribution in [0.25, 0.3) is 0 Å². The van der Waals surface area contributed by atoms with E-state index >= 15 is 0 Å². The minimum atomic E-state index is -2.99. The molecule has 6 nitrogen and oxygen atoms in total. The summed E-state index contributed by atoms with van der Waals surface area (Å²) in [7, 11) is 0. The average Bonchev–Trinajstić information content (AvgIpc) is 2.31. The lowest BCUT2D eigenvalue weighted by Gasteiger charge is -2.07. The largest absolute Gasteiger partial charge is 0.434 e. The van der Waals surface area contributed by atoms with Gasteiger partial charge in [-0.2, -0.15) is 13.9 Å². The van der Waals surface area contributed by atoms with E-state index in [1.807, 2.05) is 5.43 Å². The van der Waals surface area contributed by atoms with Crippen molar-refractivity contribution in [3.8, 4) is 5.75 Å². The highest BCUT2D eigenvalue weighted by molar-refractivity contribution is 9.10. The molecular weight excluding hydrogens is 328 g/mol. The predicted molar refractivity (Wildman–Crippen MR) is 65.7 cm³/mol. The van der Waals surface area contributed by atoms with Gasteiger partial charge in [-0.1, -0.05) is 15.9 Å². The molecule has 3 N–H and O–H groups in total. The maximum Gasteiger partial charge on any atom is 0.387 e. The second-order valence-corrected chi connectivity index (χ2v) is 4.04. The number of carbonyl (C=O) groups is 2. The zero-order valence-corrected chi connectivity index (χ0v) is 10.9. The molecule has 0 heterocycles. The summed E-state index contributed by atoms with van der Waals surface area (Å²) in [6.07, 6.45) is 1.04. The molecule has 102 valence electrons. The molecular formula is C10H8BrF2N3O3. The number of hydrazone groups is 1. The van der Waals surface area contributed by atoms with Crippen LogP contribution in [0.4, 0.5) is 8.78 Å². The highest BCUT2D eigenvalue weighted by Gasteiger charge is 2.09. The molecule has 0 aromatic heterocycles. The van der Waals surface area contributed by atoms with E-state index < -0.39 is 18.4 Å². The monoisotopic (exact) mass is 335 g/mol. The SMILES string of the molecule is NC(=O)C(=O)N/N=C\c1cc(Br)ccc1OC(F)F. The lowest BCUT2D eigenvalue weighted by molar-refractivity contribution is -0.137. The summed E-state index contributed by atoms with van der Waals surface area (Å²) in [5.41, 5.74) is 6.69. The summed E-state index contributed by atoms with van der Waals surface area (Å²) in [6, 6.07) is 4.24. The smallest absolute Gasteiger partial charge is 0.387 e. The van der Waals surface area contributed by atoms with Gasteiger partial charge in [0.1, 0.15) is 5.75 Å². The summed E-state index contributed by atoms with van der Waals surface area (Å²) < 4.78 is 29.1. The molecule has 0 bridgehead atoms. The number of benzene rings is 1. The number of halogens is 3. The highest BCUT2D eigenvalue weighted by Crippen LogP contribution is 2.23. The van der Waals surface area contributed by atoms with Crippen LogP contribution in [0.3, 0.4) is 0 Å². The van der Waals surface area contributed by atoms with Gasteiger partial charge >= 0.3 is 18.4 Å². The molecule has 0 saturated heterocycles. The van der Waals surface area contributed by atoms with Gasteiger partial charge in [-0.15, -0.1) is 0 Å². The third-order valence-corrected chi connectivity index (χ3v) is 2.27. The molecule has 9 heteroatoms. The highest BCUT2D eigenvalue weighted by atomic mass is 79.9. The van der Waals surface area contributed by atoms with Crippen LogP contribution in [0.5, 0.6) is 5.75 Å². The van der Waals surface area contributed by atoms with Crippen LogP contribution in [0, 0.1) is 0 Å². The van der Waals surface area contributed by atoms with Gasteiger partial charge in [-0.3, -0.25) is 9.59 Å². The second kappa shape index (κ2) is 6.78. The van der Waals surface area contributed by atoms with Gasteiger partial charge in [0.15, 0.2) is 0 Å². The Kier molecular flexibility index (Phi) is 5.37. The molecule has 0 saturated carbocycles. The summed E-state index contributed by atoms with van der Waals surface area (Å²) in [5.74, 6) is -2.46. The lowest BCUT2D eigenvalue weighted by Crippen LogP contribution is -2.32. The van der Waals surface area contributed by atoms with Crippen molar-refractivity contribution in [2.24, 2.45) is 10.8 Å². The third kappa shape index (κ3) is 5.00. The van der Waals surface area contributed by atoms with Gasteiger partial charge in [0.25, 0.3) is 0 Å². The van der Waals surface area contributed by atoms with Crippen LogP contribution in [0.15, 0.2) is 27.8 Å². The summed E-state index contributed by atoms with van der Waals surface area (Å²) in [4.78, 5) is 21.2. The van der Waals surface area contributed by atoms with Crippen molar-refractivity contribution in [1.82, 2.24) is 5.43 Å². The van der Waals surface area contributed by atoms with Gasteiger partial charge in [0.05, 0.1) is 6.21 Å². The number of alkyl halides is 2. The standard InChI is InChI=1S/C10H8BrF2N3O3/c11-6-1-2-7(19-10(12)13)5(3-6)4-15-16-9(18)8(14)17/h1-4,10H,(H2,14,17)(H,16,18)/b15-4-. The fourth-order valence-corrected chi connectivity index (χ4v) is 1.42. The van der Waals surface area contributed by atoms with Crippen LogP contribution in [0.1, 0.15) is 5.56 Å². The fraction of sp³-hybridized carbons (Fsp3) is 0.100. The molecule has 19 heavy (non-hydrogen) atoms. The Hall–Kier alpha value is -2.03. The number of hydrogen-bond acceptors (Lipinski definition) is 4. The lowest BCUT2D eigenvalue weighted by atomic mass is 10.2. The summed E-state index contributed by atoms with van der Waals surface area (Å²) >= 11 is 3.14. The number of rotatable bonds is 4. The molecule has 0 atom stereocenters. The van der Waals surface area contributed by atoms with E-state index in [4.69, 9.17) is 0 Å². The number of hydrogen-bond donors (Lipinski definition) is 2. The van der Waals surface area contributed by atoms with Crippen molar-refractivity contribution in [2.75, 3.05) is 0 Å². The van der Waals surface area contributed by atoms with Gasteiger partial charge in [-0.25, -0.2) is 5.43 Å². The second-order valence-electron chi connectivity index (χ2n) is 3.12. The first-order valence-corrected chi connectivity index (χ1v) is 5.56. The molecule has 0 aliphatic heterocycles. The van der Waals surface area contributed by atoms with Crippen LogP contribution < -0.4 is 15.9 Å². The first-order valence-electron chi connectivity index (χ1n) is 4.77. The van der Waals surface area contributed by atoms with Gasteiger partial charge in [0, 0.05) is 10.0 Å². The molecule has 0 unspecified atom stereocenters. The Labute approximate surface area is 114 Å². The summed E-state index contributed by atoms with van der Waals surface area (Å²) in [6.45, 7) is -2.99. The quantitative estimate of drug-likeness (QED) is 0.488. The minimum absolute atomic E-state index is 0.129. The number of primary amides is 1. The normalized spacial score (nSPS) is 10.7. The van der Waals surface area contributed by atoms with Crippen molar-refractivity contribution < 1.29 is 23.1 Å². The third-order valence-electron chi connectivity index (χ3n) is 1.78. The van der Waals surface area contributed by atoms with Crippen molar-refractivity contribution in [1.29, 1.82) is 0 Å². The Morgan fingerprint density at radius 1 is 1.47 bits per heavy atom. The van der Waals surface area contributed by atoms with E-state index in [0.717, 1.165) is 6.21 Å². The van der Waals surface area contributed by atoms with Crippen molar-refractivity contribution >= 4 is 34.0 Å². The number of nitrogens with one attached hydrogen (secondary N) is 1. The van der Waals surface area contributed by atoms with Crippen molar-refractivity contribution in [2.45, 2.75) is 6.61 Å². The Morgan fingerprint density at radius 2 is 2.16 bits per heavy atom. The Bertz CT molecular complexity index is 523. The molecule has 0 spiro atoms. The molecule has 0 aliphatic rings. The fourth-order valence-electron chi connectivity index (χ4n) is 1.04. The van der Waals surface area contributed by atoms with Crippen LogP contribution in [-0.2, 0) is 9.59 Å². The van der Waals surface area contributed by atoms with Crippen LogP contribution >= 0.6 is 15.9 Å². The summed E-state index contributed by atoms with van der Waals surface area (Å²) in [5, 5.41) is 3.40. The topological polar surface area (TPSA) is 93.8 Å². The first kappa shape index (κ1) is 15.0. The number of amides is 2. The number of ether oxygens (including phenoxy) is 1. The molecule has 2 amide bonds. The molecule has 0 fully saturated rings. The van der Waals surface area contributed by atoms with Crippen LogP contribution in [-0.4, -0.2) is 24.6 Å². The number of carbonyl (C=O) groups excluding carboxylic acids is 2. The number of nitrogens with zero attached hydrogens (tertiary/aromatic N) is 1.